The predicted molar refractivity (Wildman–Crippen MR) is 131 cm³/mol. The van der Waals surface area contributed by atoms with Crippen LogP contribution in [0.5, 0.6) is 0 Å². The number of nitrogens with zero attached hydrogens (tertiary/aromatic N) is 2. The van der Waals surface area contributed by atoms with Gasteiger partial charge in [0.25, 0.3) is 5.91 Å². The summed E-state index contributed by atoms with van der Waals surface area (Å²) in [6.07, 6.45) is 6.16. The molecule has 4 nitrogen and oxygen atoms in total. The molecule has 1 amide bonds. The Kier molecular flexibility index (Phi) is 6.33. The Labute approximate surface area is 194 Å². The van der Waals surface area contributed by atoms with E-state index in [0.717, 1.165) is 28.5 Å². The number of fused-ring (bicyclic) bond motifs is 1. The van der Waals surface area contributed by atoms with Gasteiger partial charge in [-0.05, 0) is 58.9 Å². The van der Waals surface area contributed by atoms with Crippen molar-refractivity contribution in [3.05, 3.63) is 100 Å². The van der Waals surface area contributed by atoms with Gasteiger partial charge in [0.05, 0.1) is 11.1 Å². The maximum Gasteiger partial charge on any atom is 0.256 e. The van der Waals surface area contributed by atoms with E-state index in [4.69, 9.17) is 11.6 Å². The van der Waals surface area contributed by atoms with Crippen molar-refractivity contribution in [2.45, 2.75) is 39.2 Å². The fourth-order valence-electron chi connectivity index (χ4n) is 3.87. The van der Waals surface area contributed by atoms with Crippen LogP contribution < -0.4 is 0 Å². The summed E-state index contributed by atoms with van der Waals surface area (Å²) in [5, 5.41) is 1.49. The van der Waals surface area contributed by atoms with E-state index >= 15 is 0 Å². The molecule has 0 aliphatic carbocycles. The van der Waals surface area contributed by atoms with Crippen molar-refractivity contribution in [1.29, 1.82) is 0 Å². The highest BCUT2D eigenvalue weighted by Crippen LogP contribution is 2.26. The highest BCUT2D eigenvalue weighted by Gasteiger charge is 2.21. The molecule has 0 saturated heterocycles. The van der Waals surface area contributed by atoms with Crippen LogP contribution in [0.1, 0.15) is 47.8 Å². The summed E-state index contributed by atoms with van der Waals surface area (Å²) in [5.74, 6) is -0.0334. The summed E-state index contributed by atoms with van der Waals surface area (Å²) in [6, 6.07) is 18.1. The zero-order valence-electron chi connectivity index (χ0n) is 18.7. The lowest BCUT2D eigenvalue weighted by atomic mass is 9.87. The molecule has 164 valence electrons. The Balaban J connectivity index is 1.63. The molecular weight excluding hydrogens is 418 g/mol. The smallest absolute Gasteiger partial charge is 0.256 e. The highest BCUT2D eigenvalue weighted by atomic mass is 35.5. The number of H-pyrrole nitrogens is 1. The molecule has 0 atom stereocenters. The van der Waals surface area contributed by atoms with Crippen LogP contribution in [0.25, 0.3) is 10.9 Å². The molecule has 5 heteroatoms. The molecule has 0 unspecified atom stereocenters. The molecule has 2 aromatic heterocycles. The second-order valence-electron chi connectivity index (χ2n) is 9.17. The number of amides is 1. The Morgan fingerprint density at radius 1 is 1.00 bits per heavy atom. The zero-order valence-corrected chi connectivity index (χ0v) is 19.5. The van der Waals surface area contributed by atoms with E-state index in [1.165, 1.54) is 5.56 Å². The van der Waals surface area contributed by atoms with Crippen LogP contribution >= 0.6 is 11.6 Å². The van der Waals surface area contributed by atoms with Gasteiger partial charge < -0.3 is 9.88 Å². The van der Waals surface area contributed by atoms with E-state index in [1.807, 2.05) is 35.4 Å². The van der Waals surface area contributed by atoms with Gasteiger partial charge in [0, 0.05) is 42.1 Å². The van der Waals surface area contributed by atoms with E-state index in [-0.39, 0.29) is 11.3 Å². The molecule has 0 aliphatic heterocycles. The topological polar surface area (TPSA) is 49.0 Å². The first kappa shape index (κ1) is 22.1. The predicted octanol–water partition coefficient (Wildman–Crippen LogP) is 6.40. The minimum Gasteiger partial charge on any atom is -0.361 e. The van der Waals surface area contributed by atoms with E-state index in [1.54, 1.807) is 18.5 Å². The van der Waals surface area contributed by atoms with Crippen molar-refractivity contribution >= 4 is 28.4 Å². The van der Waals surface area contributed by atoms with Gasteiger partial charge in [-0.1, -0.05) is 56.6 Å². The largest absolute Gasteiger partial charge is 0.361 e. The normalized spacial score (nSPS) is 11.6. The van der Waals surface area contributed by atoms with Crippen LogP contribution in [0.4, 0.5) is 0 Å². The third kappa shape index (κ3) is 5.03. The number of hydrogen-bond acceptors (Lipinski definition) is 2. The fraction of sp³-hybridized carbons (Fsp3) is 0.259. The monoisotopic (exact) mass is 445 g/mol. The number of aromatic nitrogens is 2. The van der Waals surface area contributed by atoms with Crippen molar-refractivity contribution in [2.24, 2.45) is 0 Å². The van der Waals surface area contributed by atoms with Crippen molar-refractivity contribution in [3.63, 3.8) is 0 Å². The van der Waals surface area contributed by atoms with Crippen LogP contribution in [-0.4, -0.2) is 27.3 Å². The molecule has 2 aromatic carbocycles. The average molecular weight is 446 g/mol. The Morgan fingerprint density at radius 2 is 1.72 bits per heavy atom. The van der Waals surface area contributed by atoms with Gasteiger partial charge in [0.2, 0.25) is 0 Å². The molecule has 1 N–H and O–H groups in total. The maximum absolute atomic E-state index is 13.7. The molecular formula is C27H28ClN3O. The summed E-state index contributed by atoms with van der Waals surface area (Å²) < 4.78 is 0. The number of aromatic amines is 1. The Morgan fingerprint density at radius 3 is 2.41 bits per heavy atom. The van der Waals surface area contributed by atoms with Crippen molar-refractivity contribution in [2.75, 3.05) is 6.54 Å². The van der Waals surface area contributed by atoms with E-state index < -0.39 is 0 Å². The zero-order chi connectivity index (χ0) is 22.7. The lowest BCUT2D eigenvalue weighted by Crippen LogP contribution is -2.32. The first-order valence-corrected chi connectivity index (χ1v) is 11.2. The number of rotatable bonds is 6. The van der Waals surface area contributed by atoms with Crippen LogP contribution in [0.3, 0.4) is 0 Å². The van der Waals surface area contributed by atoms with Gasteiger partial charge in [-0.2, -0.15) is 0 Å². The molecule has 4 rings (SSSR count). The van der Waals surface area contributed by atoms with Gasteiger partial charge in [0.1, 0.15) is 0 Å². The van der Waals surface area contributed by atoms with E-state index in [9.17, 15) is 4.79 Å². The summed E-state index contributed by atoms with van der Waals surface area (Å²) in [5.41, 5.74) is 5.03. The number of carbonyl (C=O) groups excluding carboxylic acids is 1. The van der Waals surface area contributed by atoms with Crippen LogP contribution in [0.15, 0.2) is 73.2 Å². The van der Waals surface area contributed by atoms with Gasteiger partial charge in [-0.15, -0.1) is 0 Å². The standard InChI is InChI=1S/C27H28ClN3O/c1-27(2,3)22-6-4-20(5-7-22)18-31(15-11-19-8-12-29-13-9-19)26(32)24-17-23(28)16-21-10-14-30-25(21)24/h4-10,12-14,16-17,30H,11,15,18H2,1-3H3. The molecule has 0 radical (unpaired) electrons. The third-order valence-electron chi connectivity index (χ3n) is 5.75. The molecule has 0 saturated carbocycles. The average Bonchev–Trinajstić information content (AvgIpc) is 3.24. The first-order chi connectivity index (χ1) is 15.3. The number of pyridine rings is 1. The third-order valence-corrected chi connectivity index (χ3v) is 5.97. The number of carbonyl (C=O) groups is 1. The quantitative estimate of drug-likeness (QED) is 0.373. The van der Waals surface area contributed by atoms with Gasteiger partial charge in [0.15, 0.2) is 0 Å². The minimum absolute atomic E-state index is 0.0334. The maximum atomic E-state index is 13.7. The van der Waals surface area contributed by atoms with Crippen LogP contribution in [-0.2, 0) is 18.4 Å². The lowest BCUT2D eigenvalue weighted by molar-refractivity contribution is 0.0747. The molecule has 0 spiro atoms. The molecule has 0 bridgehead atoms. The van der Waals surface area contributed by atoms with Crippen molar-refractivity contribution in [1.82, 2.24) is 14.9 Å². The Bertz CT molecular complexity index is 1210. The second-order valence-corrected chi connectivity index (χ2v) is 9.61. The van der Waals surface area contributed by atoms with Gasteiger partial charge in [-0.3, -0.25) is 9.78 Å². The summed E-state index contributed by atoms with van der Waals surface area (Å²) in [6.45, 7) is 7.73. The van der Waals surface area contributed by atoms with Crippen molar-refractivity contribution < 1.29 is 4.79 Å². The number of benzene rings is 2. The SMILES string of the molecule is CC(C)(C)c1ccc(CN(CCc2ccncc2)C(=O)c2cc(Cl)cc3cc[nH]c23)cc1. The second kappa shape index (κ2) is 9.17. The Hall–Kier alpha value is -3.11. The molecule has 0 fully saturated rings. The van der Waals surface area contributed by atoms with Gasteiger partial charge >= 0.3 is 0 Å². The molecule has 32 heavy (non-hydrogen) atoms. The summed E-state index contributed by atoms with van der Waals surface area (Å²) >= 11 is 6.33. The van der Waals surface area contributed by atoms with Crippen molar-refractivity contribution in [3.8, 4) is 0 Å². The number of hydrogen-bond donors (Lipinski definition) is 1. The molecule has 0 aliphatic rings. The molecule has 2 heterocycles. The summed E-state index contributed by atoms with van der Waals surface area (Å²) in [7, 11) is 0. The first-order valence-electron chi connectivity index (χ1n) is 10.9. The molecule has 4 aromatic rings. The minimum atomic E-state index is -0.0334. The number of nitrogens with one attached hydrogen (secondary N) is 1. The van der Waals surface area contributed by atoms with Crippen LogP contribution in [0.2, 0.25) is 5.02 Å². The van der Waals surface area contributed by atoms with Gasteiger partial charge in [-0.25, -0.2) is 0 Å². The number of halogens is 1. The van der Waals surface area contributed by atoms with E-state index in [0.29, 0.717) is 23.7 Å². The lowest BCUT2D eigenvalue weighted by Gasteiger charge is -2.24. The van der Waals surface area contributed by atoms with Crippen LogP contribution in [0, 0.1) is 0 Å². The fourth-order valence-corrected chi connectivity index (χ4v) is 4.10. The highest BCUT2D eigenvalue weighted by molar-refractivity contribution is 6.32. The summed E-state index contributed by atoms with van der Waals surface area (Å²) in [4.78, 5) is 22.9. The van der Waals surface area contributed by atoms with E-state index in [2.05, 4.69) is 55.0 Å².